The Morgan fingerprint density at radius 3 is 2.53 bits per heavy atom. The first-order chi connectivity index (χ1) is 6.93. The van der Waals surface area contributed by atoms with E-state index >= 15 is 0 Å². The van der Waals surface area contributed by atoms with Crippen molar-refractivity contribution in [3.63, 3.8) is 0 Å². The highest BCUT2D eigenvalue weighted by molar-refractivity contribution is 5.17. The molecule has 1 N–H and O–H groups in total. The largest absolute Gasteiger partial charge is 0.465 e. The van der Waals surface area contributed by atoms with Gasteiger partial charge in [-0.2, -0.15) is 13.2 Å². The molecule has 1 heterocycles. The first kappa shape index (κ1) is 11.8. The van der Waals surface area contributed by atoms with E-state index in [4.69, 9.17) is 5.11 Å². The molecule has 0 aliphatic heterocycles. The summed E-state index contributed by atoms with van der Waals surface area (Å²) >= 11 is 0. The molecule has 0 saturated carbocycles. The van der Waals surface area contributed by atoms with Gasteiger partial charge in [0.25, 0.3) is 0 Å². The van der Waals surface area contributed by atoms with Crippen LogP contribution in [0.15, 0.2) is 18.3 Å². The van der Waals surface area contributed by atoms with Gasteiger partial charge in [-0.3, -0.25) is 0 Å². The van der Waals surface area contributed by atoms with E-state index in [2.05, 4.69) is 9.72 Å². The van der Waals surface area contributed by atoms with Gasteiger partial charge in [0.2, 0.25) is 5.88 Å². The van der Waals surface area contributed by atoms with Crippen LogP contribution in [0.4, 0.5) is 13.2 Å². The summed E-state index contributed by atoms with van der Waals surface area (Å²) in [5.41, 5.74) is 0.516. The summed E-state index contributed by atoms with van der Waals surface area (Å²) < 4.78 is 40.8. The van der Waals surface area contributed by atoms with Gasteiger partial charge < -0.3 is 9.84 Å². The normalized spacial score (nSPS) is 13.7. The molecular formula is C9H10F3NO2. The number of aliphatic hydroxyl groups excluding tert-OH is 1. The molecule has 6 heteroatoms. The molecule has 1 aromatic rings. The van der Waals surface area contributed by atoms with Crippen molar-refractivity contribution < 1.29 is 23.0 Å². The molecule has 0 fully saturated rings. The topological polar surface area (TPSA) is 42.4 Å². The molecule has 3 nitrogen and oxygen atoms in total. The monoisotopic (exact) mass is 221 g/mol. The highest BCUT2D eigenvalue weighted by Crippen LogP contribution is 2.23. The molecule has 0 aliphatic carbocycles. The lowest BCUT2D eigenvalue weighted by Crippen LogP contribution is -2.31. The zero-order chi connectivity index (χ0) is 11.5. The van der Waals surface area contributed by atoms with Gasteiger partial charge in [-0.05, 0) is 18.6 Å². The molecule has 1 aromatic heterocycles. The Hall–Kier alpha value is -1.30. The van der Waals surface area contributed by atoms with Gasteiger partial charge in [0, 0.05) is 12.3 Å². The number of alkyl halides is 3. The van der Waals surface area contributed by atoms with Crippen LogP contribution in [0.25, 0.3) is 0 Å². The van der Waals surface area contributed by atoms with Crippen LogP contribution in [0.1, 0.15) is 12.5 Å². The van der Waals surface area contributed by atoms with Gasteiger partial charge >= 0.3 is 6.18 Å². The fourth-order valence-electron chi connectivity index (χ4n) is 0.822. The van der Waals surface area contributed by atoms with Crippen LogP contribution in [0, 0.1) is 0 Å². The van der Waals surface area contributed by atoms with Crippen LogP contribution < -0.4 is 4.74 Å². The van der Waals surface area contributed by atoms with Crippen molar-refractivity contribution in [3.05, 3.63) is 23.9 Å². The number of hydrogen-bond donors (Lipinski definition) is 1. The van der Waals surface area contributed by atoms with Crippen molar-refractivity contribution in [2.45, 2.75) is 25.8 Å². The van der Waals surface area contributed by atoms with E-state index < -0.39 is 12.3 Å². The average Bonchev–Trinajstić information content (AvgIpc) is 2.17. The lowest BCUT2D eigenvalue weighted by molar-refractivity contribution is -0.189. The molecule has 0 saturated heterocycles. The lowest BCUT2D eigenvalue weighted by Gasteiger charge is -2.16. The highest BCUT2D eigenvalue weighted by Gasteiger charge is 2.38. The smallest absolute Gasteiger partial charge is 0.425 e. The fraction of sp³-hybridized carbons (Fsp3) is 0.444. The first-order valence-electron chi connectivity index (χ1n) is 4.22. The second-order valence-electron chi connectivity index (χ2n) is 2.96. The van der Waals surface area contributed by atoms with E-state index in [1.54, 1.807) is 0 Å². The summed E-state index contributed by atoms with van der Waals surface area (Å²) in [7, 11) is 0. The van der Waals surface area contributed by atoms with Crippen molar-refractivity contribution in [1.29, 1.82) is 0 Å². The zero-order valence-corrected chi connectivity index (χ0v) is 7.95. The SMILES string of the molecule is CC(Oc1ccc(CO)cn1)C(F)(F)F. The molecule has 0 bridgehead atoms. The molecule has 0 amide bonds. The second kappa shape index (κ2) is 4.48. The van der Waals surface area contributed by atoms with Gasteiger partial charge in [0.1, 0.15) is 0 Å². The number of aliphatic hydroxyl groups is 1. The molecule has 1 unspecified atom stereocenters. The minimum absolute atomic E-state index is 0.114. The minimum Gasteiger partial charge on any atom is -0.465 e. The van der Waals surface area contributed by atoms with Crippen molar-refractivity contribution in [2.24, 2.45) is 0 Å². The van der Waals surface area contributed by atoms with Gasteiger partial charge in [-0.1, -0.05) is 0 Å². The van der Waals surface area contributed by atoms with Crippen molar-refractivity contribution in [1.82, 2.24) is 4.98 Å². The first-order valence-corrected chi connectivity index (χ1v) is 4.22. The van der Waals surface area contributed by atoms with Gasteiger partial charge in [-0.15, -0.1) is 0 Å². The molecule has 15 heavy (non-hydrogen) atoms. The summed E-state index contributed by atoms with van der Waals surface area (Å²) in [6, 6.07) is 2.74. The maximum absolute atomic E-state index is 12.1. The Morgan fingerprint density at radius 2 is 2.13 bits per heavy atom. The minimum atomic E-state index is -4.41. The lowest BCUT2D eigenvalue weighted by atomic mass is 10.3. The Morgan fingerprint density at radius 1 is 1.47 bits per heavy atom. The highest BCUT2D eigenvalue weighted by atomic mass is 19.4. The molecule has 84 valence electrons. The van der Waals surface area contributed by atoms with E-state index in [0.29, 0.717) is 5.56 Å². The van der Waals surface area contributed by atoms with Crippen LogP contribution in [0.2, 0.25) is 0 Å². The van der Waals surface area contributed by atoms with E-state index in [1.165, 1.54) is 18.3 Å². The zero-order valence-electron chi connectivity index (χ0n) is 7.95. The summed E-state index contributed by atoms with van der Waals surface area (Å²) in [5.74, 6) is -0.114. The molecule has 1 rings (SSSR count). The summed E-state index contributed by atoms with van der Waals surface area (Å²) in [5, 5.41) is 8.68. The Kier molecular flexibility index (Phi) is 3.52. The maximum Gasteiger partial charge on any atom is 0.425 e. The number of aromatic nitrogens is 1. The van der Waals surface area contributed by atoms with Crippen molar-refractivity contribution in [2.75, 3.05) is 0 Å². The van der Waals surface area contributed by atoms with Crippen LogP contribution in [0.3, 0.4) is 0 Å². The molecule has 0 spiro atoms. The van der Waals surface area contributed by atoms with Crippen molar-refractivity contribution >= 4 is 0 Å². The second-order valence-corrected chi connectivity index (χ2v) is 2.96. The molecule has 0 aromatic carbocycles. The predicted octanol–water partition coefficient (Wildman–Crippen LogP) is 1.90. The number of pyridine rings is 1. The Labute approximate surface area is 84.5 Å². The number of ether oxygens (including phenoxy) is 1. The molecule has 1 atom stereocenters. The van der Waals surface area contributed by atoms with Crippen LogP contribution >= 0.6 is 0 Å². The molecule has 0 aliphatic rings. The van der Waals surface area contributed by atoms with E-state index in [-0.39, 0.29) is 12.5 Å². The number of rotatable bonds is 3. The fourth-order valence-corrected chi connectivity index (χ4v) is 0.822. The molecule has 0 radical (unpaired) electrons. The standard InChI is InChI=1S/C9H10F3NO2/c1-6(9(10,11)12)15-8-3-2-7(5-14)4-13-8/h2-4,6,14H,5H2,1H3. The Balaban J connectivity index is 2.65. The van der Waals surface area contributed by atoms with Crippen LogP contribution in [-0.4, -0.2) is 22.4 Å². The van der Waals surface area contributed by atoms with Crippen LogP contribution in [0.5, 0.6) is 5.88 Å². The third-order valence-corrected chi connectivity index (χ3v) is 1.74. The summed E-state index contributed by atoms with van der Waals surface area (Å²) in [6.45, 7) is 0.698. The number of halogens is 3. The quantitative estimate of drug-likeness (QED) is 0.847. The van der Waals surface area contributed by atoms with Gasteiger partial charge in [0.15, 0.2) is 6.10 Å². The van der Waals surface area contributed by atoms with Crippen LogP contribution in [-0.2, 0) is 6.61 Å². The summed E-state index contributed by atoms with van der Waals surface area (Å²) in [6.07, 6.45) is -5.04. The average molecular weight is 221 g/mol. The third kappa shape index (κ3) is 3.39. The number of hydrogen-bond acceptors (Lipinski definition) is 3. The van der Waals surface area contributed by atoms with E-state index in [1.807, 2.05) is 0 Å². The maximum atomic E-state index is 12.1. The van der Waals surface area contributed by atoms with Gasteiger partial charge in [-0.25, -0.2) is 4.98 Å². The molecular weight excluding hydrogens is 211 g/mol. The third-order valence-electron chi connectivity index (χ3n) is 1.74. The van der Waals surface area contributed by atoms with E-state index in [0.717, 1.165) is 6.92 Å². The summed E-state index contributed by atoms with van der Waals surface area (Å²) in [4.78, 5) is 3.62. The van der Waals surface area contributed by atoms with E-state index in [9.17, 15) is 13.2 Å². The number of nitrogens with zero attached hydrogens (tertiary/aromatic N) is 1. The predicted molar refractivity (Wildman–Crippen MR) is 46.3 cm³/mol. The van der Waals surface area contributed by atoms with Gasteiger partial charge in [0.05, 0.1) is 6.61 Å². The Bertz CT molecular complexity index is 310. The van der Waals surface area contributed by atoms with Crippen molar-refractivity contribution in [3.8, 4) is 5.88 Å².